The number of piperidine rings is 1. The molecule has 124 valence electrons. The maximum atomic E-state index is 12.3. The van der Waals surface area contributed by atoms with E-state index in [1.165, 1.54) is 13.2 Å². The van der Waals surface area contributed by atoms with Crippen LogP contribution >= 0.6 is 24.2 Å². The van der Waals surface area contributed by atoms with E-state index in [2.05, 4.69) is 12.6 Å². The highest BCUT2D eigenvalue weighted by Crippen LogP contribution is 2.33. The number of carboxylic acid groups (broad SMARTS) is 1. The van der Waals surface area contributed by atoms with Crippen molar-refractivity contribution in [2.75, 3.05) is 20.2 Å². The Hall–Kier alpha value is -1.50. The van der Waals surface area contributed by atoms with Crippen LogP contribution in [0.5, 0.6) is 0 Å². The Morgan fingerprint density at radius 2 is 2.17 bits per heavy atom. The van der Waals surface area contributed by atoms with Crippen molar-refractivity contribution in [3.63, 3.8) is 0 Å². The van der Waals surface area contributed by atoms with Crippen LogP contribution in [0.3, 0.4) is 0 Å². The number of hydrogen-bond acceptors (Lipinski definition) is 5. The van der Waals surface area contributed by atoms with Crippen molar-refractivity contribution in [1.82, 2.24) is 4.90 Å². The van der Waals surface area contributed by atoms with Gasteiger partial charge in [-0.15, -0.1) is 0 Å². The first-order valence-electron chi connectivity index (χ1n) is 7.09. The number of methoxy groups -OCH3 is 1. The summed E-state index contributed by atoms with van der Waals surface area (Å²) in [4.78, 5) is 25.1. The Bertz CT molecular complexity index is 634. The van der Waals surface area contributed by atoms with Crippen molar-refractivity contribution in [3.05, 3.63) is 46.5 Å². The SMILES string of the molecule is COC(=O)C(c1ccccc1Cl)N1CC(=CC(=O)O)CC(S)C1. The Balaban J connectivity index is 2.37. The summed E-state index contributed by atoms with van der Waals surface area (Å²) in [6.07, 6.45) is 1.75. The van der Waals surface area contributed by atoms with Gasteiger partial charge in [-0.2, -0.15) is 12.6 Å². The van der Waals surface area contributed by atoms with E-state index < -0.39 is 18.0 Å². The molecule has 0 amide bonds. The predicted octanol–water partition coefficient (Wildman–Crippen LogP) is 2.57. The van der Waals surface area contributed by atoms with Crippen LogP contribution in [0, 0.1) is 0 Å². The zero-order valence-corrected chi connectivity index (χ0v) is 14.3. The van der Waals surface area contributed by atoms with Gasteiger partial charge in [0.25, 0.3) is 0 Å². The first-order chi connectivity index (χ1) is 10.9. The molecule has 1 aromatic rings. The number of hydrogen-bond donors (Lipinski definition) is 2. The third kappa shape index (κ3) is 4.50. The average molecular weight is 356 g/mol. The van der Waals surface area contributed by atoms with Crippen LogP contribution in [-0.2, 0) is 14.3 Å². The number of carbonyl (C=O) groups excluding carboxylic acids is 1. The highest BCUT2D eigenvalue weighted by molar-refractivity contribution is 7.81. The number of likely N-dealkylation sites (tertiary alicyclic amines) is 1. The quantitative estimate of drug-likeness (QED) is 0.493. The van der Waals surface area contributed by atoms with E-state index in [0.29, 0.717) is 35.7 Å². The van der Waals surface area contributed by atoms with Gasteiger partial charge in [0, 0.05) is 29.4 Å². The minimum Gasteiger partial charge on any atom is -0.478 e. The summed E-state index contributed by atoms with van der Waals surface area (Å²) in [6, 6.07) is 6.37. The molecule has 5 nitrogen and oxygen atoms in total. The summed E-state index contributed by atoms with van der Waals surface area (Å²) in [7, 11) is 1.32. The monoisotopic (exact) mass is 355 g/mol. The van der Waals surface area contributed by atoms with Crippen molar-refractivity contribution in [2.24, 2.45) is 0 Å². The molecule has 0 aromatic heterocycles. The molecule has 1 N–H and O–H groups in total. The molecule has 2 rings (SSSR count). The summed E-state index contributed by atoms with van der Waals surface area (Å²) in [5, 5.41) is 9.36. The van der Waals surface area contributed by atoms with E-state index in [-0.39, 0.29) is 5.25 Å². The Kier molecular flexibility index (Phi) is 6.10. The van der Waals surface area contributed by atoms with Crippen LogP contribution in [0.2, 0.25) is 5.02 Å². The van der Waals surface area contributed by atoms with Crippen molar-refractivity contribution < 1.29 is 19.4 Å². The van der Waals surface area contributed by atoms with Gasteiger partial charge in [-0.3, -0.25) is 4.90 Å². The predicted molar refractivity (Wildman–Crippen MR) is 90.9 cm³/mol. The van der Waals surface area contributed by atoms with E-state index in [1.807, 2.05) is 4.90 Å². The number of rotatable bonds is 4. The molecule has 7 heteroatoms. The molecular weight excluding hydrogens is 338 g/mol. The highest BCUT2D eigenvalue weighted by atomic mass is 35.5. The Labute approximate surface area is 145 Å². The normalized spacial score (nSPS) is 21.9. The maximum absolute atomic E-state index is 12.3. The molecule has 0 saturated carbocycles. The maximum Gasteiger partial charge on any atom is 0.328 e. The van der Waals surface area contributed by atoms with Crippen LogP contribution in [0.1, 0.15) is 18.0 Å². The second kappa shape index (κ2) is 7.86. The molecule has 0 radical (unpaired) electrons. The number of thiol groups is 1. The van der Waals surface area contributed by atoms with Crippen LogP contribution < -0.4 is 0 Å². The molecule has 2 unspecified atom stereocenters. The average Bonchev–Trinajstić information content (AvgIpc) is 2.48. The largest absolute Gasteiger partial charge is 0.478 e. The van der Waals surface area contributed by atoms with E-state index >= 15 is 0 Å². The van der Waals surface area contributed by atoms with Crippen LogP contribution in [0.25, 0.3) is 0 Å². The fourth-order valence-corrected chi connectivity index (χ4v) is 3.47. The van der Waals surface area contributed by atoms with Gasteiger partial charge in [-0.05, 0) is 23.6 Å². The molecule has 1 aliphatic heterocycles. The molecule has 0 bridgehead atoms. The summed E-state index contributed by atoms with van der Waals surface area (Å²) < 4.78 is 4.93. The number of ether oxygens (including phenoxy) is 1. The second-order valence-electron chi connectivity index (χ2n) is 5.38. The number of aliphatic carboxylic acids is 1. The van der Waals surface area contributed by atoms with Gasteiger partial charge in [0.15, 0.2) is 0 Å². The molecular formula is C16H18ClNO4S. The van der Waals surface area contributed by atoms with E-state index in [0.717, 1.165) is 0 Å². The summed E-state index contributed by atoms with van der Waals surface area (Å²) in [5.74, 6) is -1.44. The molecule has 1 heterocycles. The third-order valence-electron chi connectivity index (χ3n) is 3.67. The number of esters is 1. The molecule has 1 saturated heterocycles. The molecule has 1 aromatic carbocycles. The Morgan fingerprint density at radius 1 is 1.48 bits per heavy atom. The fraction of sp³-hybridized carbons (Fsp3) is 0.375. The van der Waals surface area contributed by atoms with Crippen molar-refractivity contribution in [3.8, 4) is 0 Å². The van der Waals surface area contributed by atoms with Crippen molar-refractivity contribution in [1.29, 1.82) is 0 Å². The lowest BCUT2D eigenvalue weighted by Crippen LogP contribution is -2.43. The van der Waals surface area contributed by atoms with Gasteiger partial charge in [0.05, 0.1) is 7.11 Å². The molecule has 2 atom stereocenters. The van der Waals surface area contributed by atoms with Gasteiger partial charge >= 0.3 is 11.9 Å². The van der Waals surface area contributed by atoms with Crippen LogP contribution in [0.4, 0.5) is 0 Å². The van der Waals surface area contributed by atoms with Gasteiger partial charge in [-0.1, -0.05) is 29.8 Å². The van der Waals surface area contributed by atoms with Gasteiger partial charge in [0.2, 0.25) is 0 Å². The standard InChI is InChI=1S/C16H18ClNO4S/c1-22-16(21)15(12-4-2-3-5-13(12)17)18-8-10(7-14(19)20)6-11(23)9-18/h2-5,7,11,15,23H,6,8-9H2,1H3,(H,19,20). The number of halogens is 1. The second-order valence-corrected chi connectivity index (χ2v) is 6.51. The van der Waals surface area contributed by atoms with Crippen LogP contribution in [-0.4, -0.2) is 47.4 Å². The lowest BCUT2D eigenvalue weighted by molar-refractivity contribution is -0.147. The number of nitrogens with zero attached hydrogens (tertiary/aromatic N) is 1. The highest BCUT2D eigenvalue weighted by Gasteiger charge is 2.34. The number of carbonyl (C=O) groups is 2. The first-order valence-corrected chi connectivity index (χ1v) is 7.98. The van der Waals surface area contributed by atoms with E-state index in [1.54, 1.807) is 24.3 Å². The summed E-state index contributed by atoms with van der Waals surface area (Å²) >= 11 is 10.7. The summed E-state index contributed by atoms with van der Waals surface area (Å²) in [6.45, 7) is 0.888. The lowest BCUT2D eigenvalue weighted by Gasteiger charge is -2.37. The number of benzene rings is 1. The van der Waals surface area contributed by atoms with Crippen molar-refractivity contribution >= 4 is 36.2 Å². The Morgan fingerprint density at radius 3 is 2.78 bits per heavy atom. The molecule has 23 heavy (non-hydrogen) atoms. The zero-order chi connectivity index (χ0) is 17.0. The smallest absolute Gasteiger partial charge is 0.328 e. The molecule has 1 aliphatic rings. The minimum atomic E-state index is -1.00. The molecule has 1 fully saturated rings. The zero-order valence-electron chi connectivity index (χ0n) is 12.6. The topological polar surface area (TPSA) is 66.8 Å². The third-order valence-corrected chi connectivity index (χ3v) is 4.36. The first kappa shape index (κ1) is 17.8. The van der Waals surface area contributed by atoms with Gasteiger partial charge in [0.1, 0.15) is 6.04 Å². The van der Waals surface area contributed by atoms with Crippen LogP contribution in [0.15, 0.2) is 35.9 Å². The molecule has 0 aliphatic carbocycles. The minimum absolute atomic E-state index is 0.0657. The van der Waals surface area contributed by atoms with E-state index in [9.17, 15) is 9.59 Å². The molecule has 0 spiro atoms. The van der Waals surface area contributed by atoms with Gasteiger partial charge < -0.3 is 9.84 Å². The van der Waals surface area contributed by atoms with E-state index in [4.69, 9.17) is 21.4 Å². The number of carboxylic acids is 1. The van der Waals surface area contributed by atoms with Gasteiger partial charge in [-0.25, -0.2) is 9.59 Å². The lowest BCUT2D eigenvalue weighted by atomic mass is 9.98. The summed E-state index contributed by atoms with van der Waals surface area (Å²) in [5.41, 5.74) is 1.35. The van der Waals surface area contributed by atoms with Crippen molar-refractivity contribution in [2.45, 2.75) is 17.7 Å². The fourth-order valence-electron chi connectivity index (χ4n) is 2.78.